The number of carbonyl (C=O) groups excluding carboxylic acids is 1. The number of amides is 1. The maximum atomic E-state index is 12.2. The standard InChI is InChI=1S/C23H21N6O3S2/c1-2-32-23(30)29-34(31)18-7-5-17(6-8-18)27-22-26-15-19(20-4-3-13-33-20)21(28-22)25-14-16-9-11-24-12-10-16/h3-13,15H,2,14H2,1H3,(H2,25,26,27,28)/q-1. The van der Waals surface area contributed by atoms with Crippen molar-refractivity contribution in [2.45, 2.75) is 18.4 Å². The van der Waals surface area contributed by atoms with Crippen molar-refractivity contribution in [1.29, 1.82) is 0 Å². The third-order valence-corrected chi connectivity index (χ3v) is 6.42. The molecule has 2 N–H and O–H groups in total. The lowest BCUT2D eigenvalue weighted by atomic mass is 10.2. The molecule has 0 fully saturated rings. The van der Waals surface area contributed by atoms with E-state index < -0.39 is 16.7 Å². The monoisotopic (exact) mass is 493 g/mol. The molecule has 0 atom stereocenters. The number of hydrogen-bond donors (Lipinski definition) is 2. The third-order valence-electron chi connectivity index (χ3n) is 4.52. The maximum absolute atomic E-state index is 12.2. The minimum atomic E-state index is -1.84. The minimum absolute atomic E-state index is 0.174. The molecule has 11 heteroatoms. The van der Waals surface area contributed by atoms with Gasteiger partial charge in [0.15, 0.2) is 0 Å². The van der Waals surface area contributed by atoms with E-state index in [1.54, 1.807) is 61.1 Å². The van der Waals surface area contributed by atoms with Gasteiger partial charge >= 0.3 is 6.09 Å². The first-order valence-electron chi connectivity index (χ1n) is 10.3. The van der Waals surface area contributed by atoms with Crippen LogP contribution in [0.25, 0.3) is 10.4 Å². The number of rotatable bonds is 8. The number of hydrogen-bond acceptors (Lipinski definition) is 10. The van der Waals surface area contributed by atoms with Crippen molar-refractivity contribution in [2.75, 3.05) is 17.2 Å². The molecule has 0 radical (unpaired) electrons. The summed E-state index contributed by atoms with van der Waals surface area (Å²) in [7, 11) is -1.84. The Hall–Kier alpha value is -3.83. The highest BCUT2D eigenvalue weighted by molar-refractivity contribution is 7.75. The van der Waals surface area contributed by atoms with Crippen molar-refractivity contribution in [3.05, 3.63) is 78.1 Å². The van der Waals surface area contributed by atoms with Crippen LogP contribution >= 0.6 is 11.3 Å². The number of anilines is 3. The predicted molar refractivity (Wildman–Crippen MR) is 132 cm³/mol. The number of nitrogens with one attached hydrogen (secondary N) is 2. The SMILES string of the molecule is CCOC(=O)N=[S-](=O)c1ccc(Nc2ncc(-c3cccs3)c(NCc3ccncc3)n2)cc1. The van der Waals surface area contributed by atoms with Crippen LogP contribution in [-0.2, 0) is 26.1 Å². The topological polar surface area (TPSA) is 118 Å². The van der Waals surface area contributed by atoms with Crippen molar-refractivity contribution in [3.8, 4) is 10.4 Å². The second kappa shape index (κ2) is 11.3. The van der Waals surface area contributed by atoms with Crippen molar-refractivity contribution in [3.63, 3.8) is 0 Å². The summed E-state index contributed by atoms with van der Waals surface area (Å²) in [4.78, 5) is 26.0. The Balaban J connectivity index is 1.52. The summed E-state index contributed by atoms with van der Waals surface area (Å²) < 4.78 is 20.4. The van der Waals surface area contributed by atoms with Gasteiger partial charge in [-0.25, -0.2) is 9.78 Å². The molecule has 34 heavy (non-hydrogen) atoms. The first kappa shape index (κ1) is 23.3. The van der Waals surface area contributed by atoms with Gasteiger partial charge in [0.1, 0.15) is 5.82 Å². The van der Waals surface area contributed by atoms with Gasteiger partial charge in [-0.15, -0.1) is 21.9 Å². The number of nitrogens with zero attached hydrogens (tertiary/aromatic N) is 4. The van der Waals surface area contributed by atoms with Gasteiger partial charge in [-0.05, 0) is 48.2 Å². The van der Waals surface area contributed by atoms with Crippen molar-refractivity contribution in [2.24, 2.45) is 4.36 Å². The molecule has 0 unspecified atom stereocenters. The van der Waals surface area contributed by atoms with Crippen LogP contribution < -0.4 is 10.6 Å². The Kier molecular flexibility index (Phi) is 7.79. The van der Waals surface area contributed by atoms with E-state index in [1.807, 2.05) is 29.6 Å². The molecule has 0 aliphatic carbocycles. The molecule has 1 aromatic carbocycles. The Morgan fingerprint density at radius 2 is 1.94 bits per heavy atom. The van der Waals surface area contributed by atoms with Crippen LogP contribution in [0.2, 0.25) is 0 Å². The Labute approximate surface area is 202 Å². The minimum Gasteiger partial charge on any atom is -0.450 e. The van der Waals surface area contributed by atoms with Crippen molar-refractivity contribution < 1.29 is 13.7 Å². The van der Waals surface area contributed by atoms with Gasteiger partial charge in [-0.3, -0.25) is 9.35 Å². The van der Waals surface area contributed by atoms with Crippen LogP contribution in [-0.4, -0.2) is 27.7 Å². The molecule has 9 nitrogen and oxygen atoms in total. The molecule has 3 heterocycles. The summed E-state index contributed by atoms with van der Waals surface area (Å²) in [6.07, 6.45) is 4.42. The van der Waals surface area contributed by atoms with Gasteiger partial charge in [0.25, 0.3) is 0 Å². The van der Waals surface area contributed by atoms with E-state index in [-0.39, 0.29) is 6.61 Å². The van der Waals surface area contributed by atoms with E-state index >= 15 is 0 Å². The van der Waals surface area contributed by atoms with Gasteiger partial charge in [0.2, 0.25) is 5.95 Å². The zero-order valence-electron chi connectivity index (χ0n) is 18.2. The quantitative estimate of drug-likeness (QED) is 0.304. The Morgan fingerprint density at radius 1 is 1.15 bits per heavy atom. The van der Waals surface area contributed by atoms with Crippen molar-refractivity contribution >= 4 is 45.5 Å². The first-order chi connectivity index (χ1) is 16.6. The molecular formula is C23H21N6O3S2-. The molecule has 0 saturated carbocycles. The highest BCUT2D eigenvalue weighted by Crippen LogP contribution is 2.31. The van der Waals surface area contributed by atoms with Crippen molar-refractivity contribution in [1.82, 2.24) is 15.0 Å². The summed E-state index contributed by atoms with van der Waals surface area (Å²) in [6.45, 7) is 2.42. The van der Waals surface area contributed by atoms with Gasteiger partial charge in [0, 0.05) is 35.7 Å². The van der Waals surface area contributed by atoms with Crippen LogP contribution in [0.5, 0.6) is 0 Å². The van der Waals surface area contributed by atoms with E-state index in [0.29, 0.717) is 28.9 Å². The van der Waals surface area contributed by atoms with E-state index in [0.717, 1.165) is 16.0 Å². The fourth-order valence-electron chi connectivity index (χ4n) is 2.93. The Bertz CT molecular complexity index is 1320. The molecule has 0 aliphatic rings. The Morgan fingerprint density at radius 3 is 2.65 bits per heavy atom. The smallest absolute Gasteiger partial charge is 0.410 e. The van der Waals surface area contributed by atoms with Crippen LogP contribution in [0.1, 0.15) is 12.5 Å². The number of benzene rings is 1. The second-order valence-electron chi connectivity index (χ2n) is 6.83. The maximum Gasteiger partial charge on any atom is 0.410 e. The molecule has 1 amide bonds. The van der Waals surface area contributed by atoms with E-state index in [4.69, 9.17) is 4.74 Å². The molecular weight excluding hydrogens is 472 g/mol. The zero-order chi connectivity index (χ0) is 23.8. The van der Waals surface area contributed by atoms with Crippen LogP contribution in [0.15, 0.2) is 81.8 Å². The van der Waals surface area contributed by atoms with Gasteiger partial charge in [0.05, 0.1) is 12.2 Å². The number of ether oxygens (including phenoxy) is 1. The largest absolute Gasteiger partial charge is 0.450 e. The molecule has 3 aromatic heterocycles. The average molecular weight is 494 g/mol. The molecule has 0 spiro atoms. The number of pyridine rings is 1. The zero-order valence-corrected chi connectivity index (χ0v) is 19.8. The lowest BCUT2D eigenvalue weighted by Gasteiger charge is -2.13. The normalized spacial score (nSPS) is 11.7. The number of carbonyl (C=O) groups is 1. The summed E-state index contributed by atoms with van der Waals surface area (Å²) in [5.41, 5.74) is 2.68. The lowest BCUT2D eigenvalue weighted by Crippen LogP contribution is -2.06. The van der Waals surface area contributed by atoms with Crippen LogP contribution in [0, 0.1) is 0 Å². The molecule has 0 saturated heterocycles. The summed E-state index contributed by atoms with van der Waals surface area (Å²) in [5.74, 6) is 1.10. The predicted octanol–water partition coefficient (Wildman–Crippen LogP) is 5.62. The van der Waals surface area contributed by atoms with Crippen LogP contribution in [0.3, 0.4) is 0 Å². The third kappa shape index (κ3) is 6.15. The highest BCUT2D eigenvalue weighted by Gasteiger charge is 2.11. The molecule has 0 bridgehead atoms. The number of thiophene rings is 1. The second-order valence-corrected chi connectivity index (χ2v) is 8.93. The molecule has 0 aliphatic heterocycles. The summed E-state index contributed by atoms with van der Waals surface area (Å²) in [5, 5.41) is 8.55. The van der Waals surface area contributed by atoms with Gasteiger partial charge in [-0.2, -0.15) is 4.98 Å². The molecule has 174 valence electrons. The summed E-state index contributed by atoms with van der Waals surface area (Å²) in [6, 6.07) is 14.6. The fourth-order valence-corrected chi connectivity index (χ4v) is 4.33. The fraction of sp³-hybridized carbons (Fsp3) is 0.130. The highest BCUT2D eigenvalue weighted by atomic mass is 32.2. The molecule has 4 rings (SSSR count). The number of aromatic nitrogens is 3. The van der Waals surface area contributed by atoms with Gasteiger partial charge in [-0.1, -0.05) is 23.1 Å². The average Bonchev–Trinajstić information content (AvgIpc) is 3.39. The van der Waals surface area contributed by atoms with E-state index in [1.165, 1.54) is 0 Å². The van der Waals surface area contributed by atoms with E-state index in [9.17, 15) is 9.00 Å². The molecule has 4 aromatic rings. The first-order valence-corrected chi connectivity index (χ1v) is 12.3. The van der Waals surface area contributed by atoms with Crippen LogP contribution in [0.4, 0.5) is 22.2 Å². The summed E-state index contributed by atoms with van der Waals surface area (Å²) >= 11 is 1.61. The van der Waals surface area contributed by atoms with E-state index in [2.05, 4.69) is 29.9 Å². The lowest BCUT2D eigenvalue weighted by molar-refractivity contribution is 0.164. The van der Waals surface area contributed by atoms with Gasteiger partial charge < -0.3 is 19.6 Å².